The van der Waals surface area contributed by atoms with Gasteiger partial charge in [-0.05, 0) is 62.3 Å². The lowest BCUT2D eigenvalue weighted by Gasteiger charge is -2.33. The molecule has 3 aromatic rings. The van der Waals surface area contributed by atoms with E-state index in [1.165, 1.54) is 0 Å². The van der Waals surface area contributed by atoms with Gasteiger partial charge in [0.2, 0.25) is 0 Å². The van der Waals surface area contributed by atoms with Crippen LogP contribution in [0.4, 0.5) is 5.69 Å². The number of furan rings is 1. The highest BCUT2D eigenvalue weighted by molar-refractivity contribution is 7.80. The van der Waals surface area contributed by atoms with Crippen molar-refractivity contribution in [1.29, 1.82) is 0 Å². The predicted molar refractivity (Wildman–Crippen MR) is 142 cm³/mol. The summed E-state index contributed by atoms with van der Waals surface area (Å²) in [5.74, 6) is 1.57. The van der Waals surface area contributed by atoms with Gasteiger partial charge in [0.05, 0.1) is 26.4 Å². The van der Waals surface area contributed by atoms with E-state index in [0.29, 0.717) is 10.1 Å². The molecule has 1 aliphatic rings. The van der Waals surface area contributed by atoms with E-state index in [1.54, 1.807) is 7.11 Å². The lowest BCUT2D eigenvalue weighted by molar-refractivity contribution is 0.0365. The van der Waals surface area contributed by atoms with Crippen molar-refractivity contribution in [3.8, 4) is 5.75 Å². The van der Waals surface area contributed by atoms with Gasteiger partial charge in [-0.1, -0.05) is 29.8 Å². The first-order valence-electron chi connectivity index (χ1n) is 11.7. The SMILES string of the molecule is COc1cccc2cc([C@H](C)N(CCCN3CCOCC3)C(=S)Nc3cccc(Cl)c3C)oc12. The first-order valence-corrected chi connectivity index (χ1v) is 12.5. The number of hydrogen-bond donors (Lipinski definition) is 1. The van der Waals surface area contributed by atoms with Crippen molar-refractivity contribution in [2.24, 2.45) is 0 Å². The maximum Gasteiger partial charge on any atom is 0.176 e. The van der Waals surface area contributed by atoms with Crippen molar-refractivity contribution in [2.75, 3.05) is 51.8 Å². The van der Waals surface area contributed by atoms with Gasteiger partial charge in [-0.25, -0.2) is 0 Å². The van der Waals surface area contributed by atoms with Crippen molar-refractivity contribution < 1.29 is 13.9 Å². The highest BCUT2D eigenvalue weighted by atomic mass is 35.5. The molecule has 8 heteroatoms. The lowest BCUT2D eigenvalue weighted by atomic mass is 10.1. The Balaban J connectivity index is 1.55. The Bertz CT molecular complexity index is 1130. The molecular formula is C26H32ClN3O3S. The number of thiocarbonyl (C=S) groups is 1. The Morgan fingerprint density at radius 3 is 2.76 bits per heavy atom. The minimum Gasteiger partial charge on any atom is -0.493 e. The largest absolute Gasteiger partial charge is 0.493 e. The van der Waals surface area contributed by atoms with Gasteiger partial charge in [0.15, 0.2) is 16.4 Å². The minimum atomic E-state index is -0.0683. The third kappa shape index (κ3) is 5.66. The summed E-state index contributed by atoms with van der Waals surface area (Å²) >= 11 is 12.2. The van der Waals surface area contributed by atoms with Gasteiger partial charge in [-0.3, -0.25) is 4.90 Å². The van der Waals surface area contributed by atoms with Crippen LogP contribution in [0.15, 0.2) is 46.9 Å². The smallest absolute Gasteiger partial charge is 0.176 e. The summed E-state index contributed by atoms with van der Waals surface area (Å²) in [6, 6.07) is 13.7. The molecule has 1 N–H and O–H groups in total. The number of ether oxygens (including phenoxy) is 2. The standard InChI is InChI=1S/C26H32ClN3O3S/c1-18-21(27)8-5-9-22(18)28-26(34)30(12-6-11-29-13-15-32-16-14-29)19(2)24-17-20-7-4-10-23(31-3)25(20)33-24/h4-5,7-10,17,19H,6,11-16H2,1-3H3,(H,28,34)/t19-/m0/s1. The van der Waals surface area contributed by atoms with Gasteiger partial charge < -0.3 is 24.1 Å². The average Bonchev–Trinajstić information content (AvgIpc) is 3.29. The van der Waals surface area contributed by atoms with Gasteiger partial charge >= 0.3 is 0 Å². The van der Waals surface area contributed by atoms with Crippen LogP contribution in [-0.2, 0) is 4.74 Å². The van der Waals surface area contributed by atoms with E-state index < -0.39 is 0 Å². The predicted octanol–water partition coefficient (Wildman–Crippen LogP) is 5.89. The first kappa shape index (κ1) is 24.8. The van der Waals surface area contributed by atoms with Crippen LogP contribution in [0.3, 0.4) is 0 Å². The van der Waals surface area contributed by atoms with Gasteiger partial charge in [0.25, 0.3) is 0 Å². The normalized spacial score (nSPS) is 15.3. The number of morpholine rings is 1. The van der Waals surface area contributed by atoms with Crippen molar-refractivity contribution in [1.82, 2.24) is 9.80 Å². The zero-order chi connectivity index (χ0) is 24.1. The van der Waals surface area contributed by atoms with Crippen LogP contribution in [0.1, 0.15) is 30.7 Å². The van der Waals surface area contributed by atoms with E-state index in [2.05, 4.69) is 28.1 Å². The number of anilines is 1. The molecule has 1 saturated heterocycles. The number of nitrogens with one attached hydrogen (secondary N) is 1. The summed E-state index contributed by atoms with van der Waals surface area (Å²) in [6.45, 7) is 9.46. The molecule has 0 unspecified atom stereocenters. The van der Waals surface area contributed by atoms with Crippen LogP contribution in [0, 0.1) is 6.92 Å². The highest BCUT2D eigenvalue weighted by Gasteiger charge is 2.24. The summed E-state index contributed by atoms with van der Waals surface area (Å²) in [5.41, 5.74) is 2.64. The fourth-order valence-electron chi connectivity index (χ4n) is 4.27. The minimum absolute atomic E-state index is 0.0683. The molecule has 0 radical (unpaired) electrons. The van der Waals surface area contributed by atoms with Crippen LogP contribution in [0.5, 0.6) is 5.75 Å². The molecule has 0 amide bonds. The van der Waals surface area contributed by atoms with Crippen LogP contribution in [-0.4, -0.2) is 61.4 Å². The van der Waals surface area contributed by atoms with E-state index in [4.69, 9.17) is 37.7 Å². The average molecular weight is 502 g/mol. The number of hydrogen-bond acceptors (Lipinski definition) is 5. The Hall–Kier alpha value is -2.32. The topological polar surface area (TPSA) is 50.1 Å². The summed E-state index contributed by atoms with van der Waals surface area (Å²) < 4.78 is 17.2. The molecule has 34 heavy (non-hydrogen) atoms. The summed E-state index contributed by atoms with van der Waals surface area (Å²) in [4.78, 5) is 4.64. The van der Waals surface area contributed by atoms with Crippen molar-refractivity contribution in [3.05, 3.63) is 58.8 Å². The number of halogens is 1. The second kappa shape index (κ2) is 11.4. The fourth-order valence-corrected chi connectivity index (χ4v) is 4.80. The molecule has 4 rings (SSSR count). The zero-order valence-electron chi connectivity index (χ0n) is 20.0. The molecule has 1 aliphatic heterocycles. The van der Waals surface area contributed by atoms with Crippen LogP contribution >= 0.6 is 23.8 Å². The lowest BCUT2D eigenvalue weighted by Crippen LogP contribution is -2.41. The molecule has 182 valence electrons. The third-order valence-electron chi connectivity index (χ3n) is 6.37. The number of para-hydroxylation sites is 1. The number of methoxy groups -OCH3 is 1. The van der Waals surface area contributed by atoms with Gasteiger partial charge in [-0.15, -0.1) is 0 Å². The van der Waals surface area contributed by atoms with Crippen molar-refractivity contribution >= 4 is 45.6 Å². The van der Waals surface area contributed by atoms with E-state index in [1.807, 2.05) is 43.3 Å². The molecular weight excluding hydrogens is 470 g/mol. The Kier molecular flexibility index (Phi) is 8.32. The number of rotatable bonds is 8. The Labute approximate surface area is 211 Å². The number of benzene rings is 2. The zero-order valence-corrected chi connectivity index (χ0v) is 21.5. The van der Waals surface area contributed by atoms with E-state index >= 15 is 0 Å². The van der Waals surface area contributed by atoms with E-state index in [9.17, 15) is 0 Å². The van der Waals surface area contributed by atoms with E-state index in [-0.39, 0.29) is 6.04 Å². The summed E-state index contributed by atoms with van der Waals surface area (Å²) in [7, 11) is 1.66. The molecule has 1 aromatic heterocycles. The number of fused-ring (bicyclic) bond motifs is 1. The Morgan fingerprint density at radius 1 is 1.24 bits per heavy atom. The maximum absolute atomic E-state index is 6.34. The Morgan fingerprint density at radius 2 is 2.00 bits per heavy atom. The third-order valence-corrected chi connectivity index (χ3v) is 7.12. The second-order valence-corrected chi connectivity index (χ2v) is 9.34. The monoisotopic (exact) mass is 501 g/mol. The molecule has 0 aliphatic carbocycles. The second-order valence-electron chi connectivity index (χ2n) is 8.55. The van der Waals surface area contributed by atoms with Gasteiger partial charge in [0.1, 0.15) is 5.76 Å². The van der Waals surface area contributed by atoms with E-state index in [0.717, 1.165) is 79.5 Å². The highest BCUT2D eigenvalue weighted by Crippen LogP contribution is 2.33. The first-order chi connectivity index (χ1) is 16.5. The molecule has 6 nitrogen and oxygen atoms in total. The van der Waals surface area contributed by atoms with Crippen molar-refractivity contribution in [3.63, 3.8) is 0 Å². The molecule has 1 atom stereocenters. The molecule has 0 saturated carbocycles. The van der Waals surface area contributed by atoms with Crippen LogP contribution < -0.4 is 10.1 Å². The van der Waals surface area contributed by atoms with Crippen LogP contribution in [0.25, 0.3) is 11.0 Å². The van der Waals surface area contributed by atoms with Gasteiger partial charge in [0, 0.05) is 42.3 Å². The molecule has 0 bridgehead atoms. The van der Waals surface area contributed by atoms with Crippen molar-refractivity contribution in [2.45, 2.75) is 26.3 Å². The quantitative estimate of drug-likeness (QED) is 0.386. The summed E-state index contributed by atoms with van der Waals surface area (Å²) in [6.07, 6.45) is 0.976. The fraction of sp³-hybridized carbons (Fsp3) is 0.423. The molecule has 2 heterocycles. The van der Waals surface area contributed by atoms with Gasteiger partial charge in [-0.2, -0.15) is 0 Å². The number of nitrogens with zero attached hydrogens (tertiary/aromatic N) is 2. The molecule has 1 fully saturated rings. The molecule has 0 spiro atoms. The maximum atomic E-state index is 6.34. The summed E-state index contributed by atoms with van der Waals surface area (Å²) in [5, 5.41) is 5.79. The van der Waals surface area contributed by atoms with Crippen LogP contribution in [0.2, 0.25) is 5.02 Å². The molecule has 2 aromatic carbocycles.